The number of amides is 1. The van der Waals surface area contributed by atoms with E-state index in [0.717, 1.165) is 0 Å². The summed E-state index contributed by atoms with van der Waals surface area (Å²) in [5.74, 6) is 0.684. The van der Waals surface area contributed by atoms with Crippen molar-refractivity contribution < 1.29 is 9.63 Å². The molecule has 0 aromatic heterocycles. The van der Waals surface area contributed by atoms with Gasteiger partial charge < -0.3 is 0 Å². The summed E-state index contributed by atoms with van der Waals surface area (Å²) in [6.07, 6.45) is 0. The molecular formula is C14H21NO2. The van der Waals surface area contributed by atoms with Gasteiger partial charge in [-0.25, -0.2) is 5.48 Å². The number of benzene rings is 1. The Morgan fingerprint density at radius 1 is 1.18 bits per heavy atom. The number of nitrogens with one attached hydrogen (secondary N) is 1. The van der Waals surface area contributed by atoms with Gasteiger partial charge in [-0.1, -0.05) is 39.8 Å². The Morgan fingerprint density at radius 3 is 2.24 bits per heavy atom. The van der Waals surface area contributed by atoms with Gasteiger partial charge in [0, 0.05) is 5.56 Å². The molecule has 94 valence electrons. The number of carbonyl (C=O) groups is 1. The van der Waals surface area contributed by atoms with Gasteiger partial charge >= 0.3 is 0 Å². The molecule has 0 fully saturated rings. The van der Waals surface area contributed by atoms with Crippen LogP contribution in [0.15, 0.2) is 24.3 Å². The quantitative estimate of drug-likeness (QED) is 0.796. The summed E-state index contributed by atoms with van der Waals surface area (Å²) in [5, 5.41) is 0. The average molecular weight is 235 g/mol. The first-order chi connectivity index (χ1) is 8.00. The molecule has 0 spiro atoms. The number of rotatable bonds is 5. The third-order valence-electron chi connectivity index (χ3n) is 2.42. The van der Waals surface area contributed by atoms with E-state index in [-0.39, 0.29) is 5.91 Å². The lowest BCUT2D eigenvalue weighted by Crippen LogP contribution is -2.25. The second-order valence-corrected chi connectivity index (χ2v) is 4.91. The minimum atomic E-state index is -0.194. The van der Waals surface area contributed by atoms with E-state index >= 15 is 0 Å². The van der Waals surface area contributed by atoms with Crippen molar-refractivity contribution in [2.24, 2.45) is 5.92 Å². The third-order valence-corrected chi connectivity index (χ3v) is 2.42. The van der Waals surface area contributed by atoms with E-state index in [1.54, 1.807) is 0 Å². The Hall–Kier alpha value is -1.35. The molecule has 0 saturated heterocycles. The van der Waals surface area contributed by atoms with Crippen LogP contribution in [-0.2, 0) is 4.84 Å². The molecule has 0 saturated carbocycles. The largest absolute Gasteiger partial charge is 0.274 e. The van der Waals surface area contributed by atoms with Crippen molar-refractivity contribution in [2.45, 2.75) is 33.6 Å². The Balaban J connectivity index is 2.52. The molecule has 3 nitrogen and oxygen atoms in total. The van der Waals surface area contributed by atoms with E-state index in [1.165, 1.54) is 5.56 Å². The lowest BCUT2D eigenvalue weighted by Gasteiger charge is -2.09. The Morgan fingerprint density at radius 2 is 1.76 bits per heavy atom. The fourth-order valence-corrected chi connectivity index (χ4v) is 1.35. The standard InChI is InChI=1S/C14H21NO2/c1-10(2)9-17-15-14(16)13-7-5-12(6-8-13)11(3)4/h5-8,10-11H,9H2,1-4H3,(H,15,16). The van der Waals surface area contributed by atoms with Crippen molar-refractivity contribution >= 4 is 5.91 Å². The van der Waals surface area contributed by atoms with Crippen molar-refractivity contribution in [3.63, 3.8) is 0 Å². The minimum absolute atomic E-state index is 0.194. The lowest BCUT2D eigenvalue weighted by atomic mass is 10.0. The molecule has 1 rings (SSSR count). The van der Waals surface area contributed by atoms with Crippen molar-refractivity contribution in [1.29, 1.82) is 0 Å². The maximum Gasteiger partial charge on any atom is 0.274 e. The maximum absolute atomic E-state index is 11.7. The van der Waals surface area contributed by atoms with Gasteiger partial charge in [0.05, 0.1) is 6.61 Å². The van der Waals surface area contributed by atoms with Crippen molar-refractivity contribution in [2.75, 3.05) is 6.61 Å². The number of carbonyl (C=O) groups excluding carboxylic acids is 1. The number of hydroxylamine groups is 1. The van der Waals surface area contributed by atoms with E-state index in [0.29, 0.717) is 24.0 Å². The van der Waals surface area contributed by atoms with Crippen LogP contribution in [0.1, 0.15) is 49.5 Å². The van der Waals surface area contributed by atoms with Crippen LogP contribution in [0.4, 0.5) is 0 Å². The summed E-state index contributed by atoms with van der Waals surface area (Å²) < 4.78 is 0. The number of hydrogen-bond acceptors (Lipinski definition) is 2. The highest BCUT2D eigenvalue weighted by Gasteiger charge is 2.06. The summed E-state index contributed by atoms with van der Waals surface area (Å²) in [6, 6.07) is 7.59. The third kappa shape index (κ3) is 4.57. The first kappa shape index (κ1) is 13.7. The van der Waals surface area contributed by atoms with Gasteiger partial charge in [-0.2, -0.15) is 0 Å². The van der Waals surface area contributed by atoms with Crippen LogP contribution in [0.3, 0.4) is 0 Å². The van der Waals surface area contributed by atoms with Crippen LogP contribution in [0.25, 0.3) is 0 Å². The Bertz CT molecular complexity index is 355. The molecule has 0 unspecified atom stereocenters. The number of hydrogen-bond donors (Lipinski definition) is 1. The molecule has 1 aromatic carbocycles. The Kier molecular flexibility index (Phi) is 5.16. The molecular weight excluding hydrogens is 214 g/mol. The summed E-state index contributed by atoms with van der Waals surface area (Å²) >= 11 is 0. The predicted octanol–water partition coefficient (Wildman–Crippen LogP) is 3.13. The highest BCUT2D eigenvalue weighted by Crippen LogP contribution is 2.14. The normalized spacial score (nSPS) is 10.9. The molecule has 0 aliphatic rings. The molecule has 0 radical (unpaired) electrons. The Labute approximate surface area is 103 Å². The smallest absolute Gasteiger partial charge is 0.273 e. The zero-order valence-electron chi connectivity index (χ0n) is 11.0. The highest BCUT2D eigenvalue weighted by atomic mass is 16.6. The van der Waals surface area contributed by atoms with Gasteiger partial charge in [0.2, 0.25) is 0 Å². The molecule has 3 heteroatoms. The van der Waals surface area contributed by atoms with Gasteiger partial charge in [-0.05, 0) is 29.5 Å². The van der Waals surface area contributed by atoms with Crippen LogP contribution in [0, 0.1) is 5.92 Å². The van der Waals surface area contributed by atoms with Gasteiger partial charge in [-0.15, -0.1) is 0 Å². The molecule has 0 bridgehead atoms. The van der Waals surface area contributed by atoms with E-state index < -0.39 is 0 Å². The van der Waals surface area contributed by atoms with Crippen LogP contribution < -0.4 is 5.48 Å². The topological polar surface area (TPSA) is 38.3 Å². The highest BCUT2D eigenvalue weighted by molar-refractivity contribution is 5.93. The van der Waals surface area contributed by atoms with Gasteiger partial charge in [0.25, 0.3) is 5.91 Å². The van der Waals surface area contributed by atoms with E-state index in [4.69, 9.17) is 4.84 Å². The van der Waals surface area contributed by atoms with Crippen LogP contribution in [-0.4, -0.2) is 12.5 Å². The van der Waals surface area contributed by atoms with E-state index in [1.807, 2.05) is 38.1 Å². The van der Waals surface area contributed by atoms with Gasteiger partial charge in [0.15, 0.2) is 0 Å². The van der Waals surface area contributed by atoms with Crippen molar-refractivity contribution in [3.05, 3.63) is 35.4 Å². The molecule has 1 amide bonds. The molecule has 17 heavy (non-hydrogen) atoms. The van der Waals surface area contributed by atoms with Crippen LogP contribution in [0.2, 0.25) is 0 Å². The van der Waals surface area contributed by atoms with Crippen molar-refractivity contribution in [3.8, 4) is 0 Å². The van der Waals surface area contributed by atoms with Crippen LogP contribution in [0.5, 0.6) is 0 Å². The zero-order valence-corrected chi connectivity index (χ0v) is 11.0. The molecule has 0 aliphatic carbocycles. The molecule has 0 atom stereocenters. The van der Waals surface area contributed by atoms with Gasteiger partial charge in [-0.3, -0.25) is 9.63 Å². The van der Waals surface area contributed by atoms with E-state index in [2.05, 4.69) is 19.3 Å². The average Bonchev–Trinajstić information content (AvgIpc) is 2.28. The van der Waals surface area contributed by atoms with Crippen LogP contribution >= 0.6 is 0 Å². The summed E-state index contributed by atoms with van der Waals surface area (Å²) in [4.78, 5) is 16.8. The molecule has 0 heterocycles. The fraction of sp³-hybridized carbons (Fsp3) is 0.500. The molecule has 1 N–H and O–H groups in total. The monoisotopic (exact) mass is 235 g/mol. The second-order valence-electron chi connectivity index (χ2n) is 4.91. The molecule has 1 aromatic rings. The maximum atomic E-state index is 11.7. The van der Waals surface area contributed by atoms with Crippen molar-refractivity contribution in [1.82, 2.24) is 5.48 Å². The lowest BCUT2D eigenvalue weighted by molar-refractivity contribution is 0.0208. The first-order valence-corrected chi connectivity index (χ1v) is 6.02. The summed E-state index contributed by atoms with van der Waals surface area (Å²) in [7, 11) is 0. The molecule has 0 aliphatic heterocycles. The second kappa shape index (κ2) is 6.40. The predicted molar refractivity (Wildman–Crippen MR) is 68.8 cm³/mol. The van der Waals surface area contributed by atoms with Gasteiger partial charge in [0.1, 0.15) is 0 Å². The first-order valence-electron chi connectivity index (χ1n) is 6.02. The SMILES string of the molecule is CC(C)CONC(=O)c1ccc(C(C)C)cc1. The fourth-order valence-electron chi connectivity index (χ4n) is 1.35. The minimum Gasteiger partial charge on any atom is -0.273 e. The zero-order chi connectivity index (χ0) is 12.8. The summed E-state index contributed by atoms with van der Waals surface area (Å²) in [5.41, 5.74) is 4.29. The summed E-state index contributed by atoms with van der Waals surface area (Å²) in [6.45, 7) is 8.84. The van der Waals surface area contributed by atoms with E-state index in [9.17, 15) is 4.79 Å².